The van der Waals surface area contributed by atoms with Gasteiger partial charge in [0.25, 0.3) is 0 Å². The first-order valence-corrected chi connectivity index (χ1v) is 7.12. The zero-order chi connectivity index (χ0) is 13.5. The van der Waals surface area contributed by atoms with Gasteiger partial charge in [-0.2, -0.15) is 0 Å². The third kappa shape index (κ3) is 5.55. The standard InChI is InChI=1S/C12H15BrN2O2S/c1-15(2)12(17)7-14-11(16)8-18-10-5-3-9(13)4-6-10/h3-6H,7-8H2,1-2H3,(H,14,16). The Balaban J connectivity index is 2.29. The third-order valence-corrected chi connectivity index (χ3v) is 3.66. The highest BCUT2D eigenvalue weighted by molar-refractivity contribution is 9.10. The Morgan fingerprint density at radius 1 is 1.28 bits per heavy atom. The van der Waals surface area contributed by atoms with Crippen molar-refractivity contribution in [2.45, 2.75) is 4.90 Å². The van der Waals surface area contributed by atoms with Crippen LogP contribution in [0.5, 0.6) is 0 Å². The van der Waals surface area contributed by atoms with E-state index in [1.54, 1.807) is 14.1 Å². The molecule has 0 bridgehead atoms. The van der Waals surface area contributed by atoms with Gasteiger partial charge in [-0.15, -0.1) is 11.8 Å². The molecule has 4 nitrogen and oxygen atoms in total. The van der Waals surface area contributed by atoms with Gasteiger partial charge in [-0.05, 0) is 24.3 Å². The fraction of sp³-hybridized carbons (Fsp3) is 0.333. The summed E-state index contributed by atoms with van der Waals surface area (Å²) in [5.74, 6) is 0.0534. The maximum Gasteiger partial charge on any atom is 0.241 e. The fourth-order valence-corrected chi connectivity index (χ4v) is 2.06. The van der Waals surface area contributed by atoms with Crippen LogP contribution in [0.15, 0.2) is 33.6 Å². The second-order valence-electron chi connectivity index (χ2n) is 3.81. The first-order valence-electron chi connectivity index (χ1n) is 5.34. The van der Waals surface area contributed by atoms with Crippen molar-refractivity contribution in [2.75, 3.05) is 26.4 Å². The van der Waals surface area contributed by atoms with Crippen molar-refractivity contribution < 1.29 is 9.59 Å². The van der Waals surface area contributed by atoms with E-state index in [2.05, 4.69) is 21.2 Å². The maximum absolute atomic E-state index is 11.5. The van der Waals surface area contributed by atoms with E-state index in [0.29, 0.717) is 5.75 Å². The Bertz CT molecular complexity index is 421. The summed E-state index contributed by atoms with van der Waals surface area (Å²) in [7, 11) is 3.32. The highest BCUT2D eigenvalue weighted by atomic mass is 79.9. The van der Waals surface area contributed by atoms with Crippen LogP contribution in [-0.4, -0.2) is 43.1 Å². The zero-order valence-corrected chi connectivity index (χ0v) is 12.7. The second-order valence-corrected chi connectivity index (χ2v) is 5.77. The lowest BCUT2D eigenvalue weighted by atomic mass is 10.4. The Labute approximate surface area is 119 Å². The lowest BCUT2D eigenvalue weighted by Crippen LogP contribution is -2.36. The topological polar surface area (TPSA) is 49.4 Å². The van der Waals surface area contributed by atoms with Crippen LogP contribution in [-0.2, 0) is 9.59 Å². The van der Waals surface area contributed by atoms with E-state index < -0.39 is 0 Å². The summed E-state index contributed by atoms with van der Waals surface area (Å²) in [6.45, 7) is 0.0483. The Morgan fingerprint density at radius 2 is 1.89 bits per heavy atom. The smallest absolute Gasteiger partial charge is 0.241 e. The molecule has 98 valence electrons. The molecule has 0 aliphatic rings. The van der Waals surface area contributed by atoms with Crippen molar-refractivity contribution in [1.82, 2.24) is 10.2 Å². The summed E-state index contributed by atoms with van der Waals surface area (Å²) >= 11 is 4.79. The number of nitrogens with zero attached hydrogens (tertiary/aromatic N) is 1. The maximum atomic E-state index is 11.5. The van der Waals surface area contributed by atoms with Gasteiger partial charge in [0.1, 0.15) is 0 Å². The number of likely N-dealkylation sites (N-methyl/N-ethyl adjacent to an activating group) is 1. The summed E-state index contributed by atoms with van der Waals surface area (Å²) < 4.78 is 1.01. The van der Waals surface area contributed by atoms with E-state index in [4.69, 9.17) is 0 Å². The minimum absolute atomic E-state index is 0.0483. The average molecular weight is 331 g/mol. The van der Waals surface area contributed by atoms with Crippen molar-refractivity contribution in [3.8, 4) is 0 Å². The van der Waals surface area contributed by atoms with Crippen LogP contribution in [0.25, 0.3) is 0 Å². The number of halogens is 1. The summed E-state index contributed by atoms with van der Waals surface area (Å²) in [6, 6.07) is 7.73. The first-order chi connectivity index (χ1) is 8.49. The number of thioether (sulfide) groups is 1. The molecule has 1 aromatic carbocycles. The van der Waals surface area contributed by atoms with Crippen LogP contribution in [0.3, 0.4) is 0 Å². The molecule has 0 fully saturated rings. The molecule has 0 aromatic heterocycles. The number of hydrogen-bond acceptors (Lipinski definition) is 3. The summed E-state index contributed by atoms with van der Waals surface area (Å²) in [5, 5.41) is 2.59. The second kappa shape index (κ2) is 7.43. The molecule has 0 atom stereocenters. The van der Waals surface area contributed by atoms with Crippen molar-refractivity contribution in [2.24, 2.45) is 0 Å². The van der Waals surface area contributed by atoms with Crippen molar-refractivity contribution in [3.05, 3.63) is 28.7 Å². The van der Waals surface area contributed by atoms with E-state index in [0.717, 1.165) is 9.37 Å². The van der Waals surface area contributed by atoms with Crippen molar-refractivity contribution >= 4 is 39.5 Å². The molecule has 1 rings (SSSR count). The summed E-state index contributed by atoms with van der Waals surface area (Å²) in [6.07, 6.45) is 0. The highest BCUT2D eigenvalue weighted by Crippen LogP contribution is 2.20. The molecule has 1 N–H and O–H groups in total. The number of benzene rings is 1. The molecule has 0 aliphatic heterocycles. The van der Waals surface area contributed by atoms with E-state index >= 15 is 0 Å². The fourth-order valence-electron chi connectivity index (χ4n) is 1.06. The number of nitrogens with one attached hydrogen (secondary N) is 1. The van der Waals surface area contributed by atoms with Gasteiger partial charge in [0, 0.05) is 23.5 Å². The lowest BCUT2D eigenvalue weighted by Gasteiger charge is -2.10. The summed E-state index contributed by atoms with van der Waals surface area (Å²) in [4.78, 5) is 25.2. The number of carbonyl (C=O) groups is 2. The molecule has 0 heterocycles. The minimum atomic E-state index is -0.141. The predicted molar refractivity (Wildman–Crippen MR) is 76.6 cm³/mol. The van der Waals surface area contributed by atoms with Crippen LogP contribution in [0.4, 0.5) is 0 Å². The molecule has 0 saturated carbocycles. The van der Waals surface area contributed by atoms with Gasteiger partial charge >= 0.3 is 0 Å². The molecule has 18 heavy (non-hydrogen) atoms. The first kappa shape index (κ1) is 15.0. The van der Waals surface area contributed by atoms with E-state index in [-0.39, 0.29) is 18.4 Å². The van der Waals surface area contributed by atoms with Crippen LogP contribution >= 0.6 is 27.7 Å². The number of amides is 2. The molecular formula is C12H15BrN2O2S. The molecule has 2 amide bonds. The van der Waals surface area contributed by atoms with Gasteiger partial charge in [0.15, 0.2) is 0 Å². The zero-order valence-electron chi connectivity index (χ0n) is 10.3. The van der Waals surface area contributed by atoms with Crippen LogP contribution < -0.4 is 5.32 Å². The number of hydrogen-bond donors (Lipinski definition) is 1. The molecule has 0 radical (unpaired) electrons. The third-order valence-electron chi connectivity index (χ3n) is 2.12. The lowest BCUT2D eigenvalue weighted by molar-refractivity contribution is -0.130. The normalized spacial score (nSPS) is 9.94. The van der Waals surface area contributed by atoms with Gasteiger partial charge in [-0.1, -0.05) is 15.9 Å². The van der Waals surface area contributed by atoms with Gasteiger partial charge in [-0.25, -0.2) is 0 Å². The molecule has 6 heteroatoms. The Hall–Kier alpha value is -1.01. The SMILES string of the molecule is CN(C)C(=O)CNC(=O)CSc1ccc(Br)cc1. The van der Waals surface area contributed by atoms with Crippen LogP contribution in [0.1, 0.15) is 0 Å². The van der Waals surface area contributed by atoms with Crippen molar-refractivity contribution in [1.29, 1.82) is 0 Å². The molecule has 0 spiro atoms. The monoisotopic (exact) mass is 330 g/mol. The average Bonchev–Trinajstić information content (AvgIpc) is 2.35. The summed E-state index contributed by atoms with van der Waals surface area (Å²) in [5.41, 5.74) is 0. The quantitative estimate of drug-likeness (QED) is 0.837. The molecular weight excluding hydrogens is 316 g/mol. The van der Waals surface area contributed by atoms with Gasteiger partial charge in [-0.3, -0.25) is 9.59 Å². The van der Waals surface area contributed by atoms with E-state index in [1.807, 2.05) is 24.3 Å². The van der Waals surface area contributed by atoms with E-state index in [9.17, 15) is 9.59 Å². The van der Waals surface area contributed by atoms with Gasteiger partial charge < -0.3 is 10.2 Å². The van der Waals surface area contributed by atoms with Crippen molar-refractivity contribution in [3.63, 3.8) is 0 Å². The minimum Gasteiger partial charge on any atom is -0.347 e. The van der Waals surface area contributed by atoms with Crippen LogP contribution in [0.2, 0.25) is 0 Å². The van der Waals surface area contributed by atoms with Gasteiger partial charge in [0.2, 0.25) is 11.8 Å². The molecule has 0 saturated heterocycles. The molecule has 0 unspecified atom stereocenters. The van der Waals surface area contributed by atoms with Crippen LogP contribution in [0, 0.1) is 0 Å². The van der Waals surface area contributed by atoms with E-state index in [1.165, 1.54) is 16.7 Å². The molecule has 0 aliphatic carbocycles. The highest BCUT2D eigenvalue weighted by Gasteiger charge is 2.07. The number of rotatable bonds is 5. The molecule has 1 aromatic rings. The Kier molecular flexibility index (Phi) is 6.21. The predicted octanol–water partition coefficient (Wildman–Crippen LogP) is 1.75. The largest absolute Gasteiger partial charge is 0.347 e. The Morgan fingerprint density at radius 3 is 2.44 bits per heavy atom. The number of carbonyl (C=O) groups excluding carboxylic acids is 2. The van der Waals surface area contributed by atoms with Gasteiger partial charge in [0.05, 0.1) is 12.3 Å².